The van der Waals surface area contributed by atoms with Crippen LogP contribution in [0.15, 0.2) is 0 Å². The Morgan fingerprint density at radius 2 is 0.517 bits per heavy atom. The van der Waals surface area contributed by atoms with Crippen molar-refractivity contribution in [2.24, 2.45) is 0 Å². The van der Waals surface area contributed by atoms with Gasteiger partial charge >= 0.3 is 11.9 Å². The third-order valence-corrected chi connectivity index (χ3v) is 19.3. The molecule has 10 heteroatoms. The monoisotopic (exact) mass is 1250 g/mol. The minimum Gasteiger partial charge on any atom is -0.756 e. The van der Waals surface area contributed by atoms with Gasteiger partial charge in [-0.05, 0) is 12.8 Å². The first kappa shape index (κ1) is 86.0. The number of carbonyl (C=O) groups is 2. The number of carbonyl (C=O) groups excluding carboxylic acids is 2. The average Bonchev–Trinajstić information content (AvgIpc) is 3.50. The molecule has 0 spiro atoms. The van der Waals surface area contributed by atoms with Gasteiger partial charge in [0.25, 0.3) is 7.82 Å². The minimum atomic E-state index is -4.64. The predicted octanol–water partition coefficient (Wildman–Crippen LogP) is 25.0. The quantitative estimate of drug-likeness (QED) is 0.0256. The molecule has 9 nitrogen and oxygen atoms in total. The standard InChI is InChI=1S/C77H154NO8P/c1-6-8-10-12-14-16-18-20-22-24-26-28-30-32-34-36-38-40-42-44-46-48-50-52-54-56-58-60-62-64-66-68-70-77(80)86-75(74-85-87(81,82)84-72-71-78(3,4)5)73-83-76(79)69-67-65-63-61-59-57-55-53-51-49-47-45-43-41-39-37-35-33-31-29-27-25-23-21-19-17-15-13-11-9-7-2/h75H,6-74H2,1-5H3. The largest absolute Gasteiger partial charge is 0.756 e. The van der Waals surface area contributed by atoms with Gasteiger partial charge < -0.3 is 27.9 Å². The fourth-order valence-corrected chi connectivity index (χ4v) is 13.1. The van der Waals surface area contributed by atoms with Crippen LogP contribution in [0, 0.1) is 0 Å². The second-order valence-electron chi connectivity index (χ2n) is 28.5. The maximum Gasteiger partial charge on any atom is 0.306 e. The van der Waals surface area contributed by atoms with E-state index in [0.717, 1.165) is 32.1 Å². The van der Waals surface area contributed by atoms with Crippen LogP contribution in [-0.4, -0.2) is 70.0 Å². The van der Waals surface area contributed by atoms with Gasteiger partial charge in [-0.15, -0.1) is 0 Å². The molecule has 0 saturated heterocycles. The number of rotatable bonds is 75. The number of hydrogen-bond acceptors (Lipinski definition) is 8. The Kier molecular flexibility index (Phi) is 68.6. The van der Waals surface area contributed by atoms with Gasteiger partial charge in [0.15, 0.2) is 6.10 Å². The topological polar surface area (TPSA) is 111 Å². The van der Waals surface area contributed by atoms with Gasteiger partial charge in [-0.3, -0.25) is 14.2 Å². The first-order valence-electron chi connectivity index (χ1n) is 39.2. The van der Waals surface area contributed by atoms with Gasteiger partial charge in [-0.1, -0.05) is 406 Å². The Morgan fingerprint density at radius 1 is 0.310 bits per heavy atom. The predicted molar refractivity (Wildman–Crippen MR) is 375 cm³/mol. The zero-order chi connectivity index (χ0) is 63.4. The molecule has 0 aromatic heterocycles. The molecule has 0 aliphatic heterocycles. The van der Waals surface area contributed by atoms with Crippen molar-refractivity contribution >= 4 is 19.8 Å². The Morgan fingerprint density at radius 3 is 0.736 bits per heavy atom. The van der Waals surface area contributed by atoms with Gasteiger partial charge in [0.2, 0.25) is 0 Å². The van der Waals surface area contributed by atoms with Crippen molar-refractivity contribution in [1.29, 1.82) is 0 Å². The molecule has 2 atom stereocenters. The van der Waals surface area contributed by atoms with Crippen LogP contribution >= 0.6 is 7.82 Å². The highest BCUT2D eigenvalue weighted by atomic mass is 31.2. The number of unbranched alkanes of at least 4 members (excludes halogenated alkanes) is 61. The van der Waals surface area contributed by atoms with Crippen LogP contribution in [0.5, 0.6) is 0 Å². The molecule has 2 unspecified atom stereocenters. The van der Waals surface area contributed by atoms with Crippen LogP contribution in [-0.2, 0) is 32.7 Å². The van der Waals surface area contributed by atoms with E-state index in [0.29, 0.717) is 17.4 Å². The molecule has 0 saturated carbocycles. The lowest BCUT2D eigenvalue weighted by Crippen LogP contribution is -2.37. The highest BCUT2D eigenvalue weighted by Gasteiger charge is 2.22. The number of ether oxygens (including phenoxy) is 2. The Labute approximate surface area is 544 Å². The number of quaternary nitrogens is 1. The van der Waals surface area contributed by atoms with Gasteiger partial charge in [0, 0.05) is 12.8 Å². The first-order chi connectivity index (χ1) is 42.5. The number of phosphoric ester groups is 1. The molecular weight excluding hydrogens is 1100 g/mol. The first-order valence-corrected chi connectivity index (χ1v) is 40.7. The number of hydrogen-bond donors (Lipinski definition) is 0. The highest BCUT2D eigenvalue weighted by Crippen LogP contribution is 2.38. The molecule has 0 rings (SSSR count). The molecule has 520 valence electrons. The number of likely N-dealkylation sites (N-methyl/N-ethyl adjacent to an activating group) is 1. The van der Waals surface area contributed by atoms with Crippen molar-refractivity contribution in [3.63, 3.8) is 0 Å². The second kappa shape index (κ2) is 69.4. The Balaban J connectivity index is 3.90. The minimum absolute atomic E-state index is 0.0247. The molecule has 0 aromatic carbocycles. The number of phosphoric acid groups is 1. The molecule has 0 fully saturated rings. The zero-order valence-corrected chi connectivity index (χ0v) is 60.4. The van der Waals surface area contributed by atoms with E-state index in [1.54, 1.807) is 0 Å². The maximum atomic E-state index is 12.9. The van der Waals surface area contributed by atoms with E-state index in [2.05, 4.69) is 13.8 Å². The van der Waals surface area contributed by atoms with E-state index in [9.17, 15) is 19.0 Å². The van der Waals surface area contributed by atoms with E-state index in [1.165, 1.54) is 366 Å². The molecule has 0 N–H and O–H groups in total. The normalized spacial score (nSPS) is 12.9. The summed E-state index contributed by atoms with van der Waals surface area (Å²) in [5.74, 6) is -0.801. The van der Waals surface area contributed by atoms with Crippen molar-refractivity contribution in [2.45, 2.75) is 437 Å². The second-order valence-corrected chi connectivity index (χ2v) is 29.9. The van der Waals surface area contributed by atoms with E-state index >= 15 is 0 Å². The molecule has 0 aliphatic rings. The summed E-state index contributed by atoms with van der Waals surface area (Å²) in [5.41, 5.74) is 0. The highest BCUT2D eigenvalue weighted by molar-refractivity contribution is 7.45. The lowest BCUT2D eigenvalue weighted by Gasteiger charge is -2.28. The van der Waals surface area contributed by atoms with Gasteiger partial charge in [-0.2, -0.15) is 0 Å². The lowest BCUT2D eigenvalue weighted by atomic mass is 10.0. The van der Waals surface area contributed by atoms with Gasteiger partial charge in [0.05, 0.1) is 27.7 Å². The maximum absolute atomic E-state index is 12.9. The molecule has 0 amide bonds. The molecule has 0 aliphatic carbocycles. The molecule has 0 heterocycles. The van der Waals surface area contributed by atoms with Crippen molar-refractivity contribution < 1.29 is 42.1 Å². The fraction of sp³-hybridized carbons (Fsp3) is 0.974. The van der Waals surface area contributed by atoms with Crippen LogP contribution in [0.3, 0.4) is 0 Å². The summed E-state index contributed by atoms with van der Waals surface area (Å²) in [4.78, 5) is 38.1. The summed E-state index contributed by atoms with van der Waals surface area (Å²) >= 11 is 0. The third kappa shape index (κ3) is 73.9. The Hall–Kier alpha value is -0.990. The smallest absolute Gasteiger partial charge is 0.306 e. The number of nitrogens with zero attached hydrogens (tertiary/aromatic N) is 1. The molecule has 87 heavy (non-hydrogen) atoms. The van der Waals surface area contributed by atoms with Crippen LogP contribution in [0.4, 0.5) is 0 Å². The third-order valence-electron chi connectivity index (χ3n) is 18.4. The summed E-state index contributed by atoms with van der Waals surface area (Å²) in [7, 11) is 1.20. The summed E-state index contributed by atoms with van der Waals surface area (Å²) in [6.45, 7) is 4.35. The van der Waals surface area contributed by atoms with Crippen LogP contribution in [0.2, 0.25) is 0 Å². The zero-order valence-electron chi connectivity index (χ0n) is 59.5. The summed E-state index contributed by atoms with van der Waals surface area (Å²) in [6, 6.07) is 0. The van der Waals surface area contributed by atoms with Crippen molar-refractivity contribution in [3.05, 3.63) is 0 Å². The van der Waals surface area contributed by atoms with E-state index in [-0.39, 0.29) is 32.0 Å². The van der Waals surface area contributed by atoms with Crippen molar-refractivity contribution in [3.8, 4) is 0 Å². The summed E-state index contributed by atoms with van der Waals surface area (Å²) in [6.07, 6.45) is 85.2. The molecule has 0 aromatic rings. The van der Waals surface area contributed by atoms with Crippen LogP contribution < -0.4 is 4.89 Å². The summed E-state index contributed by atoms with van der Waals surface area (Å²) in [5, 5.41) is 0. The lowest BCUT2D eigenvalue weighted by molar-refractivity contribution is -0.870. The van der Waals surface area contributed by atoms with Gasteiger partial charge in [0.1, 0.15) is 19.8 Å². The molecular formula is C77H154NO8P. The van der Waals surface area contributed by atoms with Gasteiger partial charge in [-0.25, -0.2) is 0 Å². The summed E-state index contributed by atoms with van der Waals surface area (Å²) < 4.78 is 34.4. The SMILES string of the molecule is CCCCCCCCCCCCCCCCCCCCCCCCCCCCCCCCCCC(=O)OC(COC(=O)CCCCCCCCCCCCCCCCCCCCCCCCCCCCCCCCC)COP(=O)([O-])OCC[N+](C)(C)C. The van der Waals surface area contributed by atoms with E-state index in [4.69, 9.17) is 18.5 Å². The van der Waals surface area contributed by atoms with E-state index in [1.807, 2.05) is 21.1 Å². The van der Waals surface area contributed by atoms with Crippen LogP contribution in [0.25, 0.3) is 0 Å². The molecule has 0 radical (unpaired) electrons. The number of esters is 2. The van der Waals surface area contributed by atoms with Crippen molar-refractivity contribution in [1.82, 2.24) is 0 Å². The average molecular weight is 1250 g/mol. The van der Waals surface area contributed by atoms with Crippen molar-refractivity contribution in [2.75, 3.05) is 47.5 Å². The molecule has 0 bridgehead atoms. The Bertz CT molecular complexity index is 1420. The van der Waals surface area contributed by atoms with E-state index < -0.39 is 26.5 Å². The fourth-order valence-electron chi connectivity index (χ4n) is 12.4. The van der Waals surface area contributed by atoms with Crippen LogP contribution in [0.1, 0.15) is 431 Å².